The zero-order valence-corrected chi connectivity index (χ0v) is 10.7. The van der Waals surface area contributed by atoms with Crippen molar-refractivity contribution in [1.29, 1.82) is 0 Å². The van der Waals surface area contributed by atoms with E-state index in [0.29, 0.717) is 17.2 Å². The molecule has 0 spiro atoms. The molecule has 0 aliphatic rings. The minimum atomic E-state index is -0.819. The normalized spacial score (nSPS) is 9.63. The number of ether oxygens (including phenoxy) is 2. The monoisotopic (exact) mass is 268 g/mol. The lowest BCUT2D eigenvalue weighted by Gasteiger charge is -2.10. The van der Waals surface area contributed by atoms with Crippen molar-refractivity contribution in [1.82, 2.24) is 5.32 Å². The topological polar surface area (TPSA) is 96.9 Å². The maximum Gasteiger partial charge on any atom is 0.313 e. The highest BCUT2D eigenvalue weighted by Crippen LogP contribution is 2.29. The summed E-state index contributed by atoms with van der Waals surface area (Å²) in [4.78, 5) is 22.8. The lowest BCUT2D eigenvalue weighted by atomic mass is 10.2. The van der Waals surface area contributed by atoms with Crippen molar-refractivity contribution in [2.75, 3.05) is 32.7 Å². The Morgan fingerprint density at radius 1 is 1.16 bits per heavy atom. The fourth-order valence-corrected chi connectivity index (χ4v) is 1.35. The van der Waals surface area contributed by atoms with Gasteiger partial charge in [-0.3, -0.25) is 9.59 Å². The van der Waals surface area contributed by atoms with Gasteiger partial charge in [0.2, 0.25) is 0 Å². The molecule has 19 heavy (non-hydrogen) atoms. The van der Waals surface area contributed by atoms with Crippen molar-refractivity contribution in [3.05, 3.63) is 18.2 Å². The highest BCUT2D eigenvalue weighted by molar-refractivity contribution is 6.39. The van der Waals surface area contributed by atoms with Crippen LogP contribution in [0.15, 0.2) is 18.2 Å². The molecule has 7 heteroatoms. The molecule has 0 saturated heterocycles. The Morgan fingerprint density at radius 3 is 2.42 bits per heavy atom. The molecule has 1 aromatic carbocycles. The third-order valence-electron chi connectivity index (χ3n) is 2.24. The van der Waals surface area contributed by atoms with Crippen LogP contribution < -0.4 is 20.1 Å². The number of amides is 2. The molecule has 1 rings (SSSR count). The fraction of sp³-hybridized carbons (Fsp3) is 0.333. The Kier molecular flexibility index (Phi) is 5.62. The van der Waals surface area contributed by atoms with Gasteiger partial charge in [0, 0.05) is 18.3 Å². The van der Waals surface area contributed by atoms with Crippen LogP contribution in [0, 0.1) is 0 Å². The number of hydrogen-bond acceptors (Lipinski definition) is 5. The molecule has 0 saturated carbocycles. The second-order valence-corrected chi connectivity index (χ2v) is 3.50. The number of benzene rings is 1. The van der Waals surface area contributed by atoms with Crippen LogP contribution in [-0.4, -0.2) is 44.3 Å². The standard InChI is InChI=1S/C12H16N2O5/c1-18-9-4-3-8(7-10(9)19-2)14-12(17)11(16)13-5-6-15/h3-4,7,15H,5-6H2,1-2H3,(H,13,16)(H,14,17). The molecule has 7 nitrogen and oxygen atoms in total. The van der Waals surface area contributed by atoms with E-state index in [-0.39, 0.29) is 13.2 Å². The number of rotatable bonds is 5. The molecule has 0 aliphatic carbocycles. The first-order chi connectivity index (χ1) is 9.12. The van der Waals surface area contributed by atoms with Gasteiger partial charge >= 0.3 is 11.8 Å². The summed E-state index contributed by atoms with van der Waals surface area (Å²) in [5.41, 5.74) is 0.404. The molecule has 2 amide bonds. The van der Waals surface area contributed by atoms with E-state index >= 15 is 0 Å². The first kappa shape index (κ1) is 14.8. The second kappa shape index (κ2) is 7.22. The predicted octanol–water partition coefficient (Wildman–Crippen LogP) is -0.249. The minimum absolute atomic E-state index is 0.0260. The Bertz CT molecular complexity index is 461. The Morgan fingerprint density at radius 2 is 1.84 bits per heavy atom. The highest BCUT2D eigenvalue weighted by Gasteiger charge is 2.14. The van der Waals surface area contributed by atoms with E-state index in [9.17, 15) is 9.59 Å². The van der Waals surface area contributed by atoms with Gasteiger partial charge in [-0.05, 0) is 12.1 Å². The van der Waals surface area contributed by atoms with Gasteiger partial charge in [0.25, 0.3) is 0 Å². The number of hydrogen-bond donors (Lipinski definition) is 3. The number of aliphatic hydroxyl groups excluding tert-OH is 1. The molecule has 0 radical (unpaired) electrons. The Labute approximate surface area is 110 Å². The number of carbonyl (C=O) groups excluding carboxylic acids is 2. The average molecular weight is 268 g/mol. The number of nitrogens with one attached hydrogen (secondary N) is 2. The molecule has 0 aromatic heterocycles. The van der Waals surface area contributed by atoms with E-state index in [1.54, 1.807) is 12.1 Å². The first-order valence-electron chi connectivity index (χ1n) is 5.54. The Balaban J connectivity index is 2.71. The smallest absolute Gasteiger partial charge is 0.313 e. The summed E-state index contributed by atoms with van der Waals surface area (Å²) >= 11 is 0. The number of methoxy groups -OCH3 is 2. The van der Waals surface area contributed by atoms with E-state index < -0.39 is 11.8 Å². The van der Waals surface area contributed by atoms with Crippen molar-refractivity contribution in [3.8, 4) is 11.5 Å². The average Bonchev–Trinajstić information content (AvgIpc) is 2.44. The lowest BCUT2D eigenvalue weighted by Crippen LogP contribution is -2.36. The van der Waals surface area contributed by atoms with Gasteiger partial charge in [-0.25, -0.2) is 0 Å². The van der Waals surface area contributed by atoms with Gasteiger partial charge in [-0.15, -0.1) is 0 Å². The predicted molar refractivity (Wildman–Crippen MR) is 68.3 cm³/mol. The van der Waals surface area contributed by atoms with Crippen LogP contribution in [0.3, 0.4) is 0 Å². The van der Waals surface area contributed by atoms with Crippen LogP contribution in [0.2, 0.25) is 0 Å². The molecule has 3 N–H and O–H groups in total. The van der Waals surface area contributed by atoms with Crippen LogP contribution in [0.1, 0.15) is 0 Å². The van der Waals surface area contributed by atoms with Crippen LogP contribution >= 0.6 is 0 Å². The van der Waals surface area contributed by atoms with E-state index in [2.05, 4.69) is 10.6 Å². The van der Waals surface area contributed by atoms with Crippen molar-refractivity contribution < 1.29 is 24.2 Å². The number of aliphatic hydroxyl groups is 1. The maximum atomic E-state index is 11.5. The van der Waals surface area contributed by atoms with Gasteiger partial charge in [0.1, 0.15) is 0 Å². The number of carbonyl (C=O) groups is 2. The zero-order chi connectivity index (χ0) is 14.3. The zero-order valence-electron chi connectivity index (χ0n) is 10.7. The molecule has 1 aromatic rings. The molecule has 0 atom stereocenters. The van der Waals surface area contributed by atoms with Crippen LogP contribution in [0.4, 0.5) is 5.69 Å². The van der Waals surface area contributed by atoms with Gasteiger partial charge < -0.3 is 25.2 Å². The molecule has 0 fully saturated rings. The molecule has 0 heterocycles. The van der Waals surface area contributed by atoms with Crippen molar-refractivity contribution in [2.45, 2.75) is 0 Å². The van der Waals surface area contributed by atoms with Crippen LogP contribution in [-0.2, 0) is 9.59 Å². The van der Waals surface area contributed by atoms with E-state index in [0.717, 1.165) is 0 Å². The van der Waals surface area contributed by atoms with E-state index in [4.69, 9.17) is 14.6 Å². The summed E-state index contributed by atoms with van der Waals surface area (Å²) < 4.78 is 10.1. The molecule has 104 valence electrons. The van der Waals surface area contributed by atoms with Gasteiger partial charge in [-0.1, -0.05) is 0 Å². The lowest BCUT2D eigenvalue weighted by molar-refractivity contribution is -0.136. The van der Waals surface area contributed by atoms with E-state index in [1.807, 2.05) is 0 Å². The Hall–Kier alpha value is -2.28. The fourth-order valence-electron chi connectivity index (χ4n) is 1.35. The SMILES string of the molecule is COc1ccc(NC(=O)C(=O)NCCO)cc1OC. The van der Waals surface area contributed by atoms with Gasteiger partial charge in [-0.2, -0.15) is 0 Å². The highest BCUT2D eigenvalue weighted by atomic mass is 16.5. The summed E-state index contributed by atoms with van der Waals surface area (Å²) in [7, 11) is 2.97. The third-order valence-corrected chi connectivity index (χ3v) is 2.24. The van der Waals surface area contributed by atoms with Crippen LogP contribution in [0.5, 0.6) is 11.5 Å². The summed E-state index contributed by atoms with van der Waals surface area (Å²) in [6.07, 6.45) is 0. The first-order valence-corrected chi connectivity index (χ1v) is 5.54. The van der Waals surface area contributed by atoms with Crippen molar-refractivity contribution in [3.63, 3.8) is 0 Å². The van der Waals surface area contributed by atoms with Gasteiger partial charge in [0.15, 0.2) is 11.5 Å². The molecule has 0 bridgehead atoms. The minimum Gasteiger partial charge on any atom is -0.493 e. The van der Waals surface area contributed by atoms with Crippen LogP contribution in [0.25, 0.3) is 0 Å². The molecule has 0 unspecified atom stereocenters. The van der Waals surface area contributed by atoms with Crippen molar-refractivity contribution >= 4 is 17.5 Å². The summed E-state index contributed by atoms with van der Waals surface area (Å²) in [5, 5.41) is 13.2. The molecular formula is C12H16N2O5. The molecule has 0 aliphatic heterocycles. The van der Waals surface area contributed by atoms with Crippen molar-refractivity contribution in [2.24, 2.45) is 0 Å². The summed E-state index contributed by atoms with van der Waals surface area (Å²) in [6, 6.07) is 4.73. The largest absolute Gasteiger partial charge is 0.493 e. The quantitative estimate of drug-likeness (QED) is 0.640. The van der Waals surface area contributed by atoms with Gasteiger partial charge in [0.05, 0.1) is 20.8 Å². The third kappa shape index (κ3) is 4.14. The number of anilines is 1. The van der Waals surface area contributed by atoms with E-state index in [1.165, 1.54) is 20.3 Å². The maximum absolute atomic E-state index is 11.5. The summed E-state index contributed by atoms with van der Waals surface area (Å²) in [6.45, 7) is -0.201. The second-order valence-electron chi connectivity index (χ2n) is 3.50. The summed E-state index contributed by atoms with van der Waals surface area (Å²) in [5.74, 6) is -0.675. The molecular weight excluding hydrogens is 252 g/mol.